The molecule has 0 bridgehead atoms. The Morgan fingerprint density at radius 2 is 0.621 bits per heavy atom. The number of benzene rings is 13. The zero-order chi connectivity index (χ0) is 57.4. The van der Waals surface area contributed by atoms with E-state index in [1.807, 2.05) is 0 Å². The van der Waals surface area contributed by atoms with Gasteiger partial charge in [-0.15, -0.1) is 11.3 Å². The van der Waals surface area contributed by atoms with Crippen LogP contribution in [0.2, 0.25) is 0 Å². The van der Waals surface area contributed by atoms with Crippen molar-refractivity contribution in [2.24, 2.45) is 0 Å². The Hall–Kier alpha value is -11.7. The average Bonchev–Trinajstić information content (AvgIpc) is 1.64. The highest BCUT2D eigenvalue weighted by atomic mass is 32.1. The molecule has 0 fully saturated rings. The number of hydrogen-bond acceptors (Lipinski definition) is 3. The van der Waals surface area contributed by atoms with Gasteiger partial charge in [-0.25, -0.2) is 0 Å². The number of fused-ring (bicyclic) bond motifs is 16. The van der Waals surface area contributed by atoms with E-state index >= 15 is 0 Å². The van der Waals surface area contributed by atoms with Crippen LogP contribution in [-0.4, -0.2) is 18.3 Å². The molecular formula is C80H46N6S. The highest BCUT2D eigenvalue weighted by Gasteiger charge is 2.36. The van der Waals surface area contributed by atoms with E-state index in [2.05, 4.69) is 309 Å². The van der Waals surface area contributed by atoms with Crippen LogP contribution in [0.25, 0.3) is 164 Å². The molecule has 18 aromatic rings. The molecule has 0 aliphatic carbocycles. The van der Waals surface area contributed by atoms with Gasteiger partial charge in [0.05, 0.1) is 71.6 Å². The number of thiophene rings is 1. The Kier molecular flexibility index (Phi) is 10.6. The molecule has 0 radical (unpaired) electrons. The molecule has 0 amide bonds. The molecule has 0 atom stereocenters. The number of hydrogen-bond donors (Lipinski definition) is 0. The molecule has 0 saturated carbocycles. The summed E-state index contributed by atoms with van der Waals surface area (Å²) in [6.07, 6.45) is 0. The van der Waals surface area contributed by atoms with Crippen LogP contribution in [0.4, 0.5) is 0 Å². The second-order valence-electron chi connectivity index (χ2n) is 22.4. The summed E-state index contributed by atoms with van der Waals surface area (Å²) >= 11 is 1.79. The number of nitrogens with zero attached hydrogens (tertiary/aromatic N) is 6. The van der Waals surface area contributed by atoms with Gasteiger partial charge in [-0.1, -0.05) is 231 Å². The van der Waals surface area contributed by atoms with Crippen LogP contribution in [0.3, 0.4) is 0 Å². The maximum atomic E-state index is 12.9. The molecule has 0 N–H and O–H groups in total. The maximum Gasteiger partial charge on any atom is 0.104 e. The largest absolute Gasteiger partial charge is 0.306 e. The molecule has 0 saturated heterocycles. The van der Waals surface area contributed by atoms with Crippen molar-refractivity contribution in [1.82, 2.24) is 18.3 Å². The van der Waals surface area contributed by atoms with Crippen LogP contribution in [-0.2, 0) is 0 Å². The molecule has 0 aliphatic rings. The van der Waals surface area contributed by atoms with Crippen molar-refractivity contribution in [2.45, 2.75) is 0 Å². The van der Waals surface area contributed by atoms with E-state index in [4.69, 9.17) is 0 Å². The maximum absolute atomic E-state index is 12.9. The molecule has 5 aromatic heterocycles. The van der Waals surface area contributed by atoms with Crippen molar-refractivity contribution in [2.75, 3.05) is 0 Å². The van der Waals surface area contributed by atoms with Gasteiger partial charge < -0.3 is 18.3 Å². The fourth-order valence-electron chi connectivity index (χ4n) is 14.6. The van der Waals surface area contributed by atoms with Gasteiger partial charge in [0.15, 0.2) is 0 Å². The van der Waals surface area contributed by atoms with Gasteiger partial charge in [0, 0.05) is 58.6 Å². The number of aromatic nitrogens is 4. The topological polar surface area (TPSA) is 67.3 Å². The zero-order valence-electron chi connectivity index (χ0n) is 46.6. The van der Waals surface area contributed by atoms with Gasteiger partial charge in [-0.3, -0.25) is 0 Å². The average molecular weight is 1120 g/mol. The predicted octanol–water partition coefficient (Wildman–Crippen LogP) is 21.2. The molecule has 13 aromatic carbocycles. The van der Waals surface area contributed by atoms with Crippen molar-refractivity contribution < 1.29 is 0 Å². The summed E-state index contributed by atoms with van der Waals surface area (Å²) in [5.74, 6) is 0. The highest BCUT2D eigenvalue weighted by molar-refractivity contribution is 7.26. The van der Waals surface area contributed by atoms with Gasteiger partial charge >= 0.3 is 0 Å². The first-order chi connectivity index (χ1) is 43.2. The summed E-state index contributed by atoms with van der Waals surface area (Å²) in [4.78, 5) is 0. The van der Waals surface area contributed by atoms with Crippen molar-refractivity contribution in [3.05, 3.63) is 290 Å². The monoisotopic (exact) mass is 1120 g/mol. The van der Waals surface area contributed by atoms with Gasteiger partial charge in [0.1, 0.15) is 23.3 Å². The van der Waals surface area contributed by atoms with Crippen LogP contribution < -0.4 is 0 Å². The van der Waals surface area contributed by atoms with Crippen LogP contribution in [0, 0.1) is 22.7 Å². The first-order valence-corrected chi connectivity index (χ1v) is 30.1. The molecule has 6 nitrogen and oxygen atoms in total. The Morgan fingerprint density at radius 1 is 0.264 bits per heavy atom. The molecule has 0 spiro atoms. The quantitative estimate of drug-likeness (QED) is 0.160. The van der Waals surface area contributed by atoms with Crippen molar-refractivity contribution >= 4 is 119 Å². The SMILES string of the molecule is N#Cc1c(-n2c3ccccc3c3ccccc32)c(C#N)c(-n2c3ccccc3c3ccccc32)c(-n2c3cccc(-c4c(-c5ccccc5)cccc4-c4ccccc4)c3c3ccc4c5ccccc5sc4c32)c1-n1c2ccccc2c2ccccc21. The Morgan fingerprint density at radius 3 is 1.07 bits per heavy atom. The van der Waals surface area contributed by atoms with E-state index in [1.165, 1.54) is 10.1 Å². The first-order valence-electron chi connectivity index (χ1n) is 29.3. The number of rotatable bonds is 7. The zero-order valence-corrected chi connectivity index (χ0v) is 47.5. The molecule has 7 heteroatoms. The highest BCUT2D eigenvalue weighted by Crippen LogP contribution is 2.53. The lowest BCUT2D eigenvalue weighted by Gasteiger charge is -2.27. The molecule has 5 heterocycles. The van der Waals surface area contributed by atoms with Crippen LogP contribution in [0.1, 0.15) is 11.1 Å². The third-order valence-corrected chi connectivity index (χ3v) is 19.2. The van der Waals surface area contributed by atoms with Gasteiger partial charge in [-0.05, 0) is 81.9 Å². The van der Waals surface area contributed by atoms with E-state index < -0.39 is 0 Å². The number of nitriles is 2. The standard InChI is InChI=1S/C80H46N6S/c81-47-63-75(83-65-37-14-7-27-53(65)54-28-8-15-38-66(54)83)64(48-82)77(85-69-41-18-11-31-57(69)58-32-12-19-42-70(58)85)79(76(63)84-67-39-16-9-29-55(67)56-30-10-17-40-68(56)84)86-71-43-22-36-61(74(71)62-46-45-60-59-33-13-20-44-72(59)87-80(60)78(62)86)73-51(49-23-3-1-4-24-49)34-21-35-52(73)50-25-5-2-6-26-50/h1-46H. The van der Waals surface area contributed by atoms with E-state index in [0.717, 1.165) is 131 Å². The molecule has 18 rings (SSSR count). The van der Waals surface area contributed by atoms with Crippen LogP contribution in [0.5, 0.6) is 0 Å². The minimum atomic E-state index is 0.361. The summed E-state index contributed by atoms with van der Waals surface area (Å²) in [6.45, 7) is 0. The lowest BCUT2D eigenvalue weighted by molar-refractivity contribution is 1.02. The first kappa shape index (κ1) is 48.8. The summed E-state index contributed by atoms with van der Waals surface area (Å²) in [5.41, 5.74) is 17.3. The van der Waals surface area contributed by atoms with Gasteiger partial charge in [-0.2, -0.15) is 10.5 Å². The third kappa shape index (κ3) is 6.83. The lowest BCUT2D eigenvalue weighted by Crippen LogP contribution is -2.17. The smallest absolute Gasteiger partial charge is 0.104 e. The molecular weight excluding hydrogens is 1080 g/mol. The van der Waals surface area contributed by atoms with Gasteiger partial charge in [0.25, 0.3) is 0 Å². The number of para-hydroxylation sites is 6. The lowest BCUT2D eigenvalue weighted by atomic mass is 9.86. The van der Waals surface area contributed by atoms with Crippen molar-refractivity contribution in [3.8, 4) is 68.3 Å². The Bertz CT molecular complexity index is 5660. The fraction of sp³-hybridized carbons (Fsp3) is 0. The summed E-state index contributed by atoms with van der Waals surface area (Å²) < 4.78 is 11.6. The van der Waals surface area contributed by atoms with E-state index in [0.29, 0.717) is 33.9 Å². The second-order valence-corrected chi connectivity index (χ2v) is 23.5. The van der Waals surface area contributed by atoms with Crippen LogP contribution in [0.15, 0.2) is 279 Å². The third-order valence-electron chi connectivity index (χ3n) is 18.1. The van der Waals surface area contributed by atoms with Gasteiger partial charge in [0.2, 0.25) is 0 Å². The molecule has 87 heavy (non-hydrogen) atoms. The van der Waals surface area contributed by atoms with E-state index in [9.17, 15) is 10.5 Å². The van der Waals surface area contributed by atoms with Crippen molar-refractivity contribution in [1.29, 1.82) is 10.5 Å². The Balaban J connectivity index is 1.15. The minimum absolute atomic E-state index is 0.361. The normalized spacial score (nSPS) is 11.9. The minimum Gasteiger partial charge on any atom is -0.306 e. The van der Waals surface area contributed by atoms with E-state index in [1.54, 1.807) is 11.3 Å². The molecule has 0 aliphatic heterocycles. The van der Waals surface area contributed by atoms with Crippen molar-refractivity contribution in [3.63, 3.8) is 0 Å². The molecule has 0 unspecified atom stereocenters. The Labute approximate surface area is 502 Å². The molecule has 402 valence electrons. The predicted molar refractivity (Wildman–Crippen MR) is 362 cm³/mol. The summed E-state index contributed by atoms with van der Waals surface area (Å²) in [7, 11) is 0. The van der Waals surface area contributed by atoms with E-state index in [-0.39, 0.29) is 0 Å². The van der Waals surface area contributed by atoms with Crippen LogP contribution >= 0.6 is 11.3 Å². The summed E-state index contributed by atoms with van der Waals surface area (Å²) in [6, 6.07) is 105. The fourth-order valence-corrected chi connectivity index (χ4v) is 15.8. The second kappa shape index (κ2) is 18.9. The summed E-state index contributed by atoms with van der Waals surface area (Å²) in [5, 5.41) is 36.3.